The maximum atomic E-state index is 11.6. The van der Waals surface area contributed by atoms with Gasteiger partial charge in [-0.15, -0.1) is 0 Å². The molecule has 1 aliphatic rings. The monoisotopic (exact) mass is 255 g/mol. The van der Waals surface area contributed by atoms with Gasteiger partial charge in [-0.1, -0.05) is 11.6 Å². The smallest absolute Gasteiger partial charge is 0.310 e. The zero-order chi connectivity index (χ0) is 12.3. The van der Waals surface area contributed by atoms with E-state index in [9.17, 15) is 4.79 Å². The molecule has 0 N–H and O–H groups in total. The van der Waals surface area contributed by atoms with Crippen molar-refractivity contribution in [1.29, 1.82) is 0 Å². The maximum Gasteiger partial charge on any atom is 0.310 e. The lowest BCUT2D eigenvalue weighted by Gasteiger charge is -2.16. The van der Waals surface area contributed by atoms with E-state index in [4.69, 9.17) is 16.3 Å². The molecule has 0 saturated carbocycles. The second kappa shape index (κ2) is 5.31. The van der Waals surface area contributed by atoms with Crippen molar-refractivity contribution < 1.29 is 9.53 Å². The Morgan fingerprint density at radius 2 is 2.47 bits per heavy atom. The van der Waals surface area contributed by atoms with Crippen LogP contribution in [0.2, 0.25) is 5.15 Å². The molecule has 5 nitrogen and oxygen atoms in total. The minimum Gasteiger partial charge on any atom is -0.466 e. The molecule has 1 fully saturated rings. The molecule has 2 rings (SSSR count). The summed E-state index contributed by atoms with van der Waals surface area (Å²) in [7, 11) is 0. The van der Waals surface area contributed by atoms with Crippen LogP contribution >= 0.6 is 11.6 Å². The van der Waals surface area contributed by atoms with Gasteiger partial charge in [0.1, 0.15) is 17.3 Å². The zero-order valence-electron chi connectivity index (χ0n) is 9.60. The van der Waals surface area contributed by atoms with Gasteiger partial charge in [-0.05, 0) is 13.3 Å². The number of carbonyl (C=O) groups is 1. The molecule has 17 heavy (non-hydrogen) atoms. The Labute approximate surface area is 105 Å². The van der Waals surface area contributed by atoms with E-state index in [-0.39, 0.29) is 11.9 Å². The standard InChI is InChI=1S/C11H14ClN3O2/c1-2-17-11(16)8-3-4-15(6-8)10-5-9(12)13-7-14-10/h5,7-8H,2-4,6H2,1H3/t8-/m1/s1. The van der Waals surface area contributed by atoms with Crippen molar-refractivity contribution >= 4 is 23.4 Å². The Bertz CT molecular complexity index is 413. The number of rotatable bonds is 3. The Hall–Kier alpha value is -1.36. The van der Waals surface area contributed by atoms with E-state index in [1.807, 2.05) is 11.8 Å². The van der Waals surface area contributed by atoms with E-state index in [2.05, 4.69) is 9.97 Å². The molecule has 6 heteroatoms. The van der Waals surface area contributed by atoms with Crippen LogP contribution in [0, 0.1) is 5.92 Å². The van der Waals surface area contributed by atoms with Crippen LogP contribution in [0.1, 0.15) is 13.3 Å². The Morgan fingerprint density at radius 3 is 3.18 bits per heavy atom. The summed E-state index contributed by atoms with van der Waals surface area (Å²) in [5.41, 5.74) is 0. The first-order chi connectivity index (χ1) is 8.20. The summed E-state index contributed by atoms with van der Waals surface area (Å²) in [6, 6.07) is 1.70. The molecule has 1 atom stereocenters. The molecule has 1 aliphatic heterocycles. The van der Waals surface area contributed by atoms with Crippen molar-refractivity contribution in [3.05, 3.63) is 17.5 Å². The third kappa shape index (κ3) is 2.85. The van der Waals surface area contributed by atoms with Crippen LogP contribution in [0.15, 0.2) is 12.4 Å². The van der Waals surface area contributed by atoms with Gasteiger partial charge in [0.25, 0.3) is 0 Å². The molecule has 1 saturated heterocycles. The normalized spacial score (nSPS) is 19.4. The van der Waals surface area contributed by atoms with Gasteiger partial charge in [0.2, 0.25) is 0 Å². The van der Waals surface area contributed by atoms with Gasteiger partial charge >= 0.3 is 5.97 Å². The van der Waals surface area contributed by atoms with E-state index in [0.717, 1.165) is 18.8 Å². The minimum atomic E-state index is -0.129. The summed E-state index contributed by atoms with van der Waals surface area (Å²) in [6.45, 7) is 3.66. The number of esters is 1. The number of aromatic nitrogens is 2. The zero-order valence-corrected chi connectivity index (χ0v) is 10.4. The fraction of sp³-hybridized carbons (Fsp3) is 0.545. The van der Waals surface area contributed by atoms with E-state index in [1.165, 1.54) is 6.33 Å². The van der Waals surface area contributed by atoms with Crippen molar-refractivity contribution in [2.75, 3.05) is 24.6 Å². The largest absolute Gasteiger partial charge is 0.466 e. The number of nitrogens with zero attached hydrogens (tertiary/aromatic N) is 3. The predicted octanol–water partition coefficient (Wildman–Crippen LogP) is 1.52. The van der Waals surface area contributed by atoms with Crippen LogP contribution in [0.25, 0.3) is 0 Å². The first-order valence-electron chi connectivity index (χ1n) is 5.60. The van der Waals surface area contributed by atoms with Crippen LogP contribution in [0.5, 0.6) is 0 Å². The van der Waals surface area contributed by atoms with E-state index < -0.39 is 0 Å². The molecule has 1 aromatic rings. The summed E-state index contributed by atoms with van der Waals surface area (Å²) in [5.74, 6) is 0.565. The van der Waals surface area contributed by atoms with Gasteiger partial charge in [-0.2, -0.15) is 0 Å². The third-order valence-corrected chi connectivity index (χ3v) is 2.96. The second-order valence-electron chi connectivity index (χ2n) is 3.88. The number of ether oxygens (including phenoxy) is 1. The van der Waals surface area contributed by atoms with Crippen molar-refractivity contribution in [3.63, 3.8) is 0 Å². The number of halogens is 1. The number of hydrogen-bond donors (Lipinski definition) is 0. The maximum absolute atomic E-state index is 11.6. The van der Waals surface area contributed by atoms with Gasteiger partial charge in [0.15, 0.2) is 0 Å². The van der Waals surface area contributed by atoms with Gasteiger partial charge < -0.3 is 9.64 Å². The Kier molecular flexibility index (Phi) is 3.78. The summed E-state index contributed by atoms with van der Waals surface area (Å²) in [6.07, 6.45) is 2.22. The summed E-state index contributed by atoms with van der Waals surface area (Å²) >= 11 is 5.80. The summed E-state index contributed by atoms with van der Waals surface area (Å²) < 4.78 is 5.01. The lowest BCUT2D eigenvalue weighted by molar-refractivity contribution is -0.147. The van der Waals surface area contributed by atoms with E-state index in [0.29, 0.717) is 18.3 Å². The topological polar surface area (TPSA) is 55.3 Å². The van der Waals surface area contributed by atoms with Crippen molar-refractivity contribution in [3.8, 4) is 0 Å². The first kappa shape index (κ1) is 12.1. The number of anilines is 1. The highest BCUT2D eigenvalue weighted by Gasteiger charge is 2.30. The quantitative estimate of drug-likeness (QED) is 0.605. The van der Waals surface area contributed by atoms with Crippen LogP contribution in [0.3, 0.4) is 0 Å². The molecule has 0 radical (unpaired) electrons. The summed E-state index contributed by atoms with van der Waals surface area (Å²) in [5, 5.41) is 0.412. The molecule has 0 amide bonds. The molecule has 0 spiro atoms. The lowest BCUT2D eigenvalue weighted by atomic mass is 10.1. The van der Waals surface area contributed by atoms with Crippen LogP contribution in [-0.2, 0) is 9.53 Å². The fourth-order valence-electron chi connectivity index (χ4n) is 1.92. The highest BCUT2D eigenvalue weighted by atomic mass is 35.5. The molecule has 92 valence electrons. The number of hydrogen-bond acceptors (Lipinski definition) is 5. The minimum absolute atomic E-state index is 0.0660. The van der Waals surface area contributed by atoms with Crippen molar-refractivity contribution in [2.45, 2.75) is 13.3 Å². The molecule has 0 bridgehead atoms. The SMILES string of the molecule is CCOC(=O)[C@@H]1CCN(c2cc(Cl)ncn2)C1. The van der Waals surface area contributed by atoms with Gasteiger partial charge in [0, 0.05) is 19.2 Å². The fourth-order valence-corrected chi connectivity index (χ4v) is 2.06. The van der Waals surface area contributed by atoms with Gasteiger partial charge in [-0.25, -0.2) is 9.97 Å². The predicted molar refractivity (Wildman–Crippen MR) is 64.0 cm³/mol. The van der Waals surface area contributed by atoms with Crippen LogP contribution in [-0.4, -0.2) is 35.6 Å². The molecule has 0 aliphatic carbocycles. The average molecular weight is 256 g/mol. The summed E-state index contributed by atoms with van der Waals surface area (Å²) in [4.78, 5) is 21.6. The Morgan fingerprint density at radius 1 is 1.65 bits per heavy atom. The first-order valence-corrected chi connectivity index (χ1v) is 5.97. The average Bonchev–Trinajstić information content (AvgIpc) is 2.78. The van der Waals surface area contributed by atoms with Crippen molar-refractivity contribution in [2.24, 2.45) is 5.92 Å². The lowest BCUT2D eigenvalue weighted by Crippen LogP contribution is -2.24. The van der Waals surface area contributed by atoms with Gasteiger partial charge in [-0.3, -0.25) is 4.79 Å². The van der Waals surface area contributed by atoms with Gasteiger partial charge in [0.05, 0.1) is 12.5 Å². The molecule has 2 heterocycles. The Balaban J connectivity index is 2.00. The molecular weight excluding hydrogens is 242 g/mol. The molecule has 0 unspecified atom stereocenters. The molecular formula is C11H14ClN3O2. The number of carbonyl (C=O) groups excluding carboxylic acids is 1. The molecule has 0 aromatic carbocycles. The van der Waals surface area contributed by atoms with Crippen molar-refractivity contribution in [1.82, 2.24) is 9.97 Å². The molecule has 1 aromatic heterocycles. The second-order valence-corrected chi connectivity index (χ2v) is 4.27. The van der Waals surface area contributed by atoms with E-state index in [1.54, 1.807) is 6.07 Å². The third-order valence-electron chi connectivity index (χ3n) is 2.75. The van der Waals surface area contributed by atoms with E-state index >= 15 is 0 Å². The highest BCUT2D eigenvalue weighted by molar-refractivity contribution is 6.29. The van der Waals surface area contributed by atoms with Crippen LogP contribution in [0.4, 0.5) is 5.82 Å². The van der Waals surface area contributed by atoms with Crippen LogP contribution < -0.4 is 4.90 Å². The highest BCUT2D eigenvalue weighted by Crippen LogP contribution is 2.23.